The lowest BCUT2D eigenvalue weighted by molar-refractivity contribution is 0.0833. The maximum atomic E-state index is 5.60. The molecule has 2 nitrogen and oxygen atoms in total. The summed E-state index contributed by atoms with van der Waals surface area (Å²) >= 11 is 0. The van der Waals surface area contributed by atoms with Crippen LogP contribution < -0.4 is 5.32 Å². The van der Waals surface area contributed by atoms with Crippen LogP contribution in [0.2, 0.25) is 0 Å². The van der Waals surface area contributed by atoms with Crippen molar-refractivity contribution in [2.45, 2.75) is 32.3 Å². The number of nitrogens with one attached hydrogen (secondary N) is 1. The normalized spacial score (nSPS) is 35.8. The third-order valence-corrected chi connectivity index (χ3v) is 3.42. The summed E-state index contributed by atoms with van der Waals surface area (Å²) in [6, 6.07) is 0. The standard InChI is InChI=1S/C10H19NO.ClH/c1-8-10(4-7-12-8)9-2-5-11-6-3-9;/h8-11H,2-7H2,1H3;1H. The molecule has 0 aromatic rings. The average Bonchev–Trinajstić information content (AvgIpc) is 2.53. The molecule has 78 valence electrons. The third-order valence-electron chi connectivity index (χ3n) is 3.42. The Morgan fingerprint density at radius 2 is 1.85 bits per heavy atom. The van der Waals surface area contributed by atoms with Crippen molar-refractivity contribution in [2.75, 3.05) is 19.7 Å². The highest BCUT2D eigenvalue weighted by atomic mass is 35.5. The van der Waals surface area contributed by atoms with Gasteiger partial charge in [0.25, 0.3) is 0 Å². The Morgan fingerprint density at radius 3 is 2.38 bits per heavy atom. The Hall–Kier alpha value is 0.210. The van der Waals surface area contributed by atoms with Crippen LogP contribution in [0, 0.1) is 11.8 Å². The van der Waals surface area contributed by atoms with E-state index in [9.17, 15) is 0 Å². The van der Waals surface area contributed by atoms with Crippen molar-refractivity contribution in [3.63, 3.8) is 0 Å². The molecule has 0 amide bonds. The van der Waals surface area contributed by atoms with Gasteiger partial charge in [-0.3, -0.25) is 0 Å². The van der Waals surface area contributed by atoms with Gasteiger partial charge in [-0.25, -0.2) is 0 Å². The Bertz CT molecular complexity index is 148. The third kappa shape index (κ3) is 2.58. The summed E-state index contributed by atoms with van der Waals surface area (Å²) in [5.41, 5.74) is 0. The van der Waals surface area contributed by atoms with Crippen LogP contribution >= 0.6 is 12.4 Å². The summed E-state index contributed by atoms with van der Waals surface area (Å²) in [4.78, 5) is 0. The predicted octanol–water partition coefficient (Wildman–Crippen LogP) is 1.83. The number of piperidine rings is 1. The van der Waals surface area contributed by atoms with Crippen LogP contribution in [0.5, 0.6) is 0 Å². The Labute approximate surface area is 86.8 Å². The summed E-state index contributed by atoms with van der Waals surface area (Å²) in [5.74, 6) is 1.79. The van der Waals surface area contributed by atoms with Gasteiger partial charge in [-0.2, -0.15) is 0 Å². The summed E-state index contributed by atoms with van der Waals surface area (Å²) in [5, 5.41) is 3.41. The Morgan fingerprint density at radius 1 is 1.15 bits per heavy atom. The smallest absolute Gasteiger partial charge is 0.0578 e. The molecule has 0 aromatic heterocycles. The van der Waals surface area contributed by atoms with E-state index in [0.717, 1.165) is 18.4 Å². The largest absolute Gasteiger partial charge is 0.378 e. The number of ether oxygens (including phenoxy) is 1. The SMILES string of the molecule is CC1OCCC1C1CCNCC1.Cl. The van der Waals surface area contributed by atoms with E-state index in [1.54, 1.807) is 0 Å². The van der Waals surface area contributed by atoms with Crippen LogP contribution in [-0.2, 0) is 4.74 Å². The lowest BCUT2D eigenvalue weighted by Crippen LogP contribution is -2.33. The predicted molar refractivity (Wildman–Crippen MR) is 56.4 cm³/mol. The number of hydrogen-bond donors (Lipinski definition) is 1. The van der Waals surface area contributed by atoms with Gasteiger partial charge in [0.1, 0.15) is 0 Å². The summed E-state index contributed by atoms with van der Waals surface area (Å²) in [6.45, 7) is 5.66. The molecule has 13 heavy (non-hydrogen) atoms. The highest BCUT2D eigenvalue weighted by Gasteiger charge is 2.32. The molecular formula is C10H20ClNO. The van der Waals surface area contributed by atoms with Gasteiger partial charge in [0, 0.05) is 6.61 Å². The first-order valence-electron chi connectivity index (χ1n) is 5.20. The second-order valence-electron chi connectivity index (χ2n) is 4.12. The first kappa shape index (κ1) is 11.3. The van der Waals surface area contributed by atoms with Crippen molar-refractivity contribution in [3.8, 4) is 0 Å². The molecule has 2 heterocycles. The van der Waals surface area contributed by atoms with E-state index in [1.165, 1.54) is 32.4 Å². The molecule has 3 heteroatoms. The van der Waals surface area contributed by atoms with Gasteiger partial charge in [0.2, 0.25) is 0 Å². The van der Waals surface area contributed by atoms with Crippen LogP contribution in [0.15, 0.2) is 0 Å². The highest BCUT2D eigenvalue weighted by Crippen LogP contribution is 2.32. The van der Waals surface area contributed by atoms with Crippen LogP contribution in [0.4, 0.5) is 0 Å². The van der Waals surface area contributed by atoms with Crippen molar-refractivity contribution >= 4 is 12.4 Å². The lowest BCUT2D eigenvalue weighted by Gasteiger charge is -2.29. The molecule has 0 spiro atoms. The molecule has 2 aliphatic rings. The molecule has 0 bridgehead atoms. The van der Waals surface area contributed by atoms with Gasteiger partial charge in [-0.1, -0.05) is 0 Å². The highest BCUT2D eigenvalue weighted by molar-refractivity contribution is 5.85. The van der Waals surface area contributed by atoms with E-state index in [1.807, 2.05) is 0 Å². The summed E-state index contributed by atoms with van der Waals surface area (Å²) in [6.07, 6.45) is 4.54. The monoisotopic (exact) mass is 205 g/mol. The van der Waals surface area contributed by atoms with Crippen molar-refractivity contribution in [1.82, 2.24) is 5.32 Å². The van der Waals surface area contributed by atoms with Crippen molar-refractivity contribution < 1.29 is 4.74 Å². The summed E-state index contributed by atoms with van der Waals surface area (Å²) in [7, 11) is 0. The molecule has 1 N–H and O–H groups in total. The second kappa shape index (κ2) is 5.18. The molecule has 0 aliphatic carbocycles. The molecule has 2 saturated heterocycles. The van der Waals surface area contributed by atoms with E-state index >= 15 is 0 Å². The maximum Gasteiger partial charge on any atom is 0.0578 e. The zero-order valence-electron chi connectivity index (χ0n) is 8.29. The van der Waals surface area contributed by atoms with Crippen LogP contribution in [0.25, 0.3) is 0 Å². The first-order valence-corrected chi connectivity index (χ1v) is 5.20. The molecule has 0 aromatic carbocycles. The molecule has 2 atom stereocenters. The van der Waals surface area contributed by atoms with Gasteiger partial charge in [0.15, 0.2) is 0 Å². The number of halogens is 1. The molecule has 2 aliphatic heterocycles. The maximum absolute atomic E-state index is 5.60. The number of rotatable bonds is 1. The molecule has 0 radical (unpaired) electrons. The molecule has 2 fully saturated rings. The molecule has 2 unspecified atom stereocenters. The molecular weight excluding hydrogens is 186 g/mol. The van der Waals surface area contributed by atoms with E-state index in [0.29, 0.717) is 6.10 Å². The fraction of sp³-hybridized carbons (Fsp3) is 1.00. The minimum Gasteiger partial charge on any atom is -0.378 e. The first-order chi connectivity index (χ1) is 5.88. The lowest BCUT2D eigenvalue weighted by atomic mass is 9.81. The Kier molecular flexibility index (Phi) is 4.50. The fourth-order valence-electron chi connectivity index (χ4n) is 2.64. The van der Waals surface area contributed by atoms with Gasteiger partial charge in [-0.05, 0) is 51.1 Å². The van der Waals surface area contributed by atoms with Crippen molar-refractivity contribution in [3.05, 3.63) is 0 Å². The topological polar surface area (TPSA) is 21.3 Å². The summed E-state index contributed by atoms with van der Waals surface area (Å²) < 4.78 is 5.60. The molecule has 2 rings (SSSR count). The van der Waals surface area contributed by atoms with E-state index in [2.05, 4.69) is 12.2 Å². The van der Waals surface area contributed by atoms with Gasteiger partial charge in [0.05, 0.1) is 6.10 Å². The molecule has 0 saturated carbocycles. The second-order valence-corrected chi connectivity index (χ2v) is 4.12. The minimum absolute atomic E-state index is 0. The quantitative estimate of drug-likeness (QED) is 0.706. The minimum atomic E-state index is 0. The van der Waals surface area contributed by atoms with E-state index in [4.69, 9.17) is 4.74 Å². The van der Waals surface area contributed by atoms with E-state index in [-0.39, 0.29) is 12.4 Å². The van der Waals surface area contributed by atoms with Gasteiger partial charge in [-0.15, -0.1) is 12.4 Å². The Balaban J connectivity index is 0.000000845. The van der Waals surface area contributed by atoms with E-state index < -0.39 is 0 Å². The fourth-order valence-corrected chi connectivity index (χ4v) is 2.64. The zero-order chi connectivity index (χ0) is 8.39. The zero-order valence-corrected chi connectivity index (χ0v) is 9.11. The van der Waals surface area contributed by atoms with Gasteiger partial charge < -0.3 is 10.1 Å². The van der Waals surface area contributed by atoms with Crippen molar-refractivity contribution in [2.24, 2.45) is 11.8 Å². The average molecular weight is 206 g/mol. The van der Waals surface area contributed by atoms with Crippen LogP contribution in [0.1, 0.15) is 26.2 Å². The van der Waals surface area contributed by atoms with Crippen LogP contribution in [0.3, 0.4) is 0 Å². The number of hydrogen-bond acceptors (Lipinski definition) is 2. The van der Waals surface area contributed by atoms with Crippen molar-refractivity contribution in [1.29, 1.82) is 0 Å². The van der Waals surface area contributed by atoms with Gasteiger partial charge >= 0.3 is 0 Å². The van der Waals surface area contributed by atoms with Crippen LogP contribution in [-0.4, -0.2) is 25.8 Å².